The van der Waals surface area contributed by atoms with Gasteiger partial charge in [0, 0.05) is 12.5 Å². The summed E-state index contributed by atoms with van der Waals surface area (Å²) in [6.07, 6.45) is 6.25. The molecular weight excluding hydrogens is 266 g/mol. The maximum absolute atomic E-state index is 12.4. The van der Waals surface area contributed by atoms with Crippen molar-refractivity contribution in [3.8, 4) is 0 Å². The lowest BCUT2D eigenvalue weighted by atomic mass is 10.1. The Hall–Kier alpha value is -1.06. The molecule has 0 spiro atoms. The molecule has 0 aliphatic carbocycles. The topological polar surface area (TPSA) is 46.6 Å². The third-order valence-electron chi connectivity index (χ3n) is 3.85. The van der Waals surface area contributed by atoms with Gasteiger partial charge in [0.2, 0.25) is 5.91 Å². The highest BCUT2D eigenvalue weighted by Gasteiger charge is 2.29. The summed E-state index contributed by atoms with van der Waals surface area (Å²) in [5.74, 6) is -0.217. The Morgan fingerprint density at radius 2 is 1.62 bits per heavy atom. The van der Waals surface area contributed by atoms with Gasteiger partial charge in [0.25, 0.3) is 0 Å². The van der Waals surface area contributed by atoms with Crippen LogP contribution in [-0.4, -0.2) is 35.5 Å². The molecule has 1 amide bonds. The molecule has 2 atom stereocenters. The van der Waals surface area contributed by atoms with Gasteiger partial charge in [-0.1, -0.05) is 40.0 Å². The van der Waals surface area contributed by atoms with E-state index in [9.17, 15) is 9.59 Å². The molecule has 0 saturated heterocycles. The lowest BCUT2D eigenvalue weighted by Crippen LogP contribution is -2.48. The predicted octanol–water partition coefficient (Wildman–Crippen LogP) is 3.93. The van der Waals surface area contributed by atoms with Crippen molar-refractivity contribution in [3.63, 3.8) is 0 Å². The van der Waals surface area contributed by atoms with E-state index in [0.29, 0.717) is 13.0 Å². The fourth-order valence-electron chi connectivity index (χ4n) is 2.25. The summed E-state index contributed by atoms with van der Waals surface area (Å²) in [5, 5.41) is 0. The van der Waals surface area contributed by atoms with E-state index in [0.717, 1.165) is 38.5 Å². The maximum atomic E-state index is 12.4. The third kappa shape index (κ3) is 7.49. The standard InChI is InChI=1S/C17H33NO3/c1-6-9-11-12-16(19)18(14(4)8-3)15(5)17(20)21-13-10-7-2/h14-15H,6-13H2,1-5H3. The van der Waals surface area contributed by atoms with Crippen LogP contribution < -0.4 is 0 Å². The second kappa shape index (κ2) is 11.6. The van der Waals surface area contributed by atoms with Gasteiger partial charge >= 0.3 is 5.97 Å². The zero-order valence-corrected chi connectivity index (χ0v) is 14.5. The number of esters is 1. The number of unbranched alkanes of at least 4 members (excludes halogenated alkanes) is 3. The zero-order valence-electron chi connectivity index (χ0n) is 14.5. The number of amides is 1. The van der Waals surface area contributed by atoms with Crippen molar-refractivity contribution >= 4 is 11.9 Å². The van der Waals surface area contributed by atoms with Crippen LogP contribution in [0.5, 0.6) is 0 Å². The molecule has 4 nitrogen and oxygen atoms in total. The summed E-state index contributed by atoms with van der Waals surface area (Å²) in [6, 6.07) is -0.432. The Labute approximate surface area is 130 Å². The monoisotopic (exact) mass is 299 g/mol. The van der Waals surface area contributed by atoms with E-state index in [1.807, 2.05) is 13.8 Å². The van der Waals surface area contributed by atoms with Crippen molar-refractivity contribution < 1.29 is 14.3 Å². The van der Waals surface area contributed by atoms with Gasteiger partial charge in [-0.2, -0.15) is 0 Å². The van der Waals surface area contributed by atoms with E-state index >= 15 is 0 Å². The first kappa shape index (κ1) is 19.9. The summed E-state index contributed by atoms with van der Waals surface area (Å²) in [7, 11) is 0. The summed E-state index contributed by atoms with van der Waals surface area (Å²) < 4.78 is 5.26. The minimum Gasteiger partial charge on any atom is -0.464 e. The van der Waals surface area contributed by atoms with Gasteiger partial charge in [0.05, 0.1) is 6.61 Å². The van der Waals surface area contributed by atoms with Crippen LogP contribution in [0.3, 0.4) is 0 Å². The van der Waals surface area contributed by atoms with E-state index in [1.54, 1.807) is 11.8 Å². The van der Waals surface area contributed by atoms with Crippen molar-refractivity contribution in [2.75, 3.05) is 6.61 Å². The van der Waals surface area contributed by atoms with Crippen LogP contribution in [-0.2, 0) is 14.3 Å². The lowest BCUT2D eigenvalue weighted by Gasteiger charge is -2.33. The number of ether oxygens (including phenoxy) is 1. The second-order valence-electron chi connectivity index (χ2n) is 5.71. The number of carbonyl (C=O) groups excluding carboxylic acids is 2. The van der Waals surface area contributed by atoms with Crippen LogP contribution in [0, 0.1) is 0 Å². The van der Waals surface area contributed by atoms with E-state index in [-0.39, 0.29) is 17.9 Å². The summed E-state index contributed by atoms with van der Waals surface area (Å²) in [5.41, 5.74) is 0. The SMILES string of the molecule is CCCCCC(=O)N(C(C)CC)C(C)C(=O)OCCCC. The summed E-state index contributed by atoms with van der Waals surface area (Å²) >= 11 is 0. The lowest BCUT2D eigenvalue weighted by molar-refractivity contribution is -0.156. The molecule has 4 heteroatoms. The first-order valence-electron chi connectivity index (χ1n) is 8.47. The van der Waals surface area contributed by atoms with Gasteiger partial charge < -0.3 is 9.64 Å². The summed E-state index contributed by atoms with van der Waals surface area (Å²) in [4.78, 5) is 26.2. The molecule has 0 aliphatic heterocycles. The fourth-order valence-corrected chi connectivity index (χ4v) is 2.25. The summed E-state index contributed by atoms with van der Waals surface area (Å²) in [6.45, 7) is 10.4. The maximum Gasteiger partial charge on any atom is 0.328 e. The highest BCUT2D eigenvalue weighted by atomic mass is 16.5. The van der Waals surface area contributed by atoms with E-state index < -0.39 is 6.04 Å². The second-order valence-corrected chi connectivity index (χ2v) is 5.71. The Kier molecular flexibility index (Phi) is 11.0. The average Bonchev–Trinajstić information content (AvgIpc) is 2.47. The van der Waals surface area contributed by atoms with E-state index in [2.05, 4.69) is 13.8 Å². The van der Waals surface area contributed by atoms with Gasteiger partial charge in [0.15, 0.2) is 0 Å². The van der Waals surface area contributed by atoms with Gasteiger partial charge in [-0.05, 0) is 33.1 Å². The van der Waals surface area contributed by atoms with Crippen molar-refractivity contribution in [2.24, 2.45) is 0 Å². The predicted molar refractivity (Wildman–Crippen MR) is 86.1 cm³/mol. The first-order chi connectivity index (χ1) is 9.99. The Balaban J connectivity index is 4.64. The van der Waals surface area contributed by atoms with Crippen LogP contribution in [0.1, 0.15) is 79.6 Å². The first-order valence-corrected chi connectivity index (χ1v) is 8.47. The van der Waals surface area contributed by atoms with Crippen molar-refractivity contribution in [2.45, 2.75) is 91.6 Å². The van der Waals surface area contributed by atoms with Crippen LogP contribution in [0.2, 0.25) is 0 Å². The van der Waals surface area contributed by atoms with Crippen LogP contribution >= 0.6 is 0 Å². The zero-order chi connectivity index (χ0) is 16.3. The molecule has 0 aliphatic rings. The number of nitrogens with zero attached hydrogens (tertiary/aromatic N) is 1. The molecule has 21 heavy (non-hydrogen) atoms. The smallest absolute Gasteiger partial charge is 0.328 e. The van der Waals surface area contributed by atoms with Gasteiger partial charge in [-0.3, -0.25) is 4.79 Å². The van der Waals surface area contributed by atoms with E-state index in [4.69, 9.17) is 4.74 Å². The molecule has 0 saturated carbocycles. The quantitative estimate of drug-likeness (QED) is 0.429. The number of carbonyl (C=O) groups is 2. The van der Waals surface area contributed by atoms with E-state index in [1.165, 1.54) is 0 Å². The Morgan fingerprint density at radius 1 is 1.00 bits per heavy atom. The molecular formula is C17H33NO3. The van der Waals surface area contributed by atoms with Crippen molar-refractivity contribution in [1.82, 2.24) is 4.90 Å². The van der Waals surface area contributed by atoms with Crippen molar-refractivity contribution in [1.29, 1.82) is 0 Å². The molecule has 0 heterocycles. The molecule has 0 bridgehead atoms. The minimum absolute atomic E-state index is 0.0628. The number of hydrogen-bond donors (Lipinski definition) is 0. The molecule has 2 unspecified atom stereocenters. The molecule has 0 aromatic heterocycles. The molecule has 0 aromatic rings. The normalized spacial score (nSPS) is 13.6. The van der Waals surface area contributed by atoms with Crippen molar-refractivity contribution in [3.05, 3.63) is 0 Å². The molecule has 0 rings (SSSR count). The van der Waals surface area contributed by atoms with Gasteiger partial charge in [-0.15, -0.1) is 0 Å². The molecule has 0 fully saturated rings. The molecule has 0 N–H and O–H groups in total. The average molecular weight is 299 g/mol. The van der Waals surface area contributed by atoms with Crippen LogP contribution in [0.25, 0.3) is 0 Å². The molecule has 0 radical (unpaired) electrons. The fraction of sp³-hybridized carbons (Fsp3) is 0.882. The van der Waals surface area contributed by atoms with Gasteiger partial charge in [-0.25, -0.2) is 4.79 Å². The Morgan fingerprint density at radius 3 is 2.14 bits per heavy atom. The highest BCUT2D eigenvalue weighted by molar-refractivity contribution is 5.84. The number of hydrogen-bond acceptors (Lipinski definition) is 3. The molecule has 0 aromatic carbocycles. The molecule has 124 valence electrons. The Bertz CT molecular complexity index is 304. The van der Waals surface area contributed by atoms with Gasteiger partial charge in [0.1, 0.15) is 6.04 Å². The minimum atomic E-state index is -0.495. The van der Waals surface area contributed by atoms with Crippen LogP contribution in [0.15, 0.2) is 0 Å². The number of rotatable bonds is 11. The van der Waals surface area contributed by atoms with Crippen LogP contribution in [0.4, 0.5) is 0 Å². The highest BCUT2D eigenvalue weighted by Crippen LogP contribution is 2.14. The third-order valence-corrected chi connectivity index (χ3v) is 3.85. The largest absolute Gasteiger partial charge is 0.464 e.